The summed E-state index contributed by atoms with van der Waals surface area (Å²) >= 11 is 0. The van der Waals surface area contributed by atoms with Gasteiger partial charge in [0.25, 0.3) is 0 Å². The molecule has 1 saturated heterocycles. The molecule has 1 aromatic carbocycles. The van der Waals surface area contributed by atoms with E-state index in [4.69, 9.17) is 5.11 Å². The number of halogens is 1. The van der Waals surface area contributed by atoms with Crippen LogP contribution in [0.5, 0.6) is 0 Å². The third-order valence-corrected chi connectivity index (χ3v) is 3.87. The van der Waals surface area contributed by atoms with Crippen LogP contribution in [0.25, 0.3) is 0 Å². The number of carbonyl (C=O) groups excluding carboxylic acids is 1. The van der Waals surface area contributed by atoms with Gasteiger partial charge in [-0.2, -0.15) is 0 Å². The Balaban J connectivity index is 1.69. The average molecular weight is 308 g/mol. The molecule has 0 aromatic heterocycles. The van der Waals surface area contributed by atoms with E-state index in [2.05, 4.69) is 5.32 Å². The topological polar surface area (TPSA) is 69.6 Å². The van der Waals surface area contributed by atoms with Crippen LogP contribution in [0.4, 0.5) is 4.39 Å². The maximum Gasteiger partial charge on any atom is 0.307 e. The Morgan fingerprint density at radius 3 is 2.73 bits per heavy atom. The Labute approximate surface area is 129 Å². The van der Waals surface area contributed by atoms with Crippen LogP contribution in [0.1, 0.15) is 18.4 Å². The number of likely N-dealkylation sites (tertiary alicyclic amines) is 1. The summed E-state index contributed by atoms with van der Waals surface area (Å²) in [7, 11) is 0. The molecule has 120 valence electrons. The van der Waals surface area contributed by atoms with E-state index in [1.54, 1.807) is 12.1 Å². The summed E-state index contributed by atoms with van der Waals surface area (Å²) in [6, 6.07) is 6.20. The highest BCUT2D eigenvalue weighted by atomic mass is 19.1. The van der Waals surface area contributed by atoms with Gasteiger partial charge in [-0.25, -0.2) is 4.39 Å². The summed E-state index contributed by atoms with van der Waals surface area (Å²) in [6.45, 7) is 1.91. The minimum Gasteiger partial charge on any atom is -0.481 e. The van der Waals surface area contributed by atoms with Gasteiger partial charge in [-0.05, 0) is 43.5 Å². The van der Waals surface area contributed by atoms with Crippen molar-refractivity contribution in [2.45, 2.75) is 19.3 Å². The van der Waals surface area contributed by atoms with Crippen molar-refractivity contribution in [3.63, 3.8) is 0 Å². The van der Waals surface area contributed by atoms with Crippen LogP contribution in [0.15, 0.2) is 24.3 Å². The lowest BCUT2D eigenvalue weighted by Crippen LogP contribution is -2.44. The molecule has 1 fully saturated rings. The van der Waals surface area contributed by atoms with E-state index in [0.717, 1.165) is 18.5 Å². The molecule has 1 heterocycles. The van der Waals surface area contributed by atoms with Crippen LogP contribution in [-0.4, -0.2) is 48.1 Å². The third kappa shape index (κ3) is 5.11. The number of carbonyl (C=O) groups is 2. The fourth-order valence-corrected chi connectivity index (χ4v) is 2.66. The first kappa shape index (κ1) is 16.4. The molecule has 0 unspecified atom stereocenters. The first-order valence-corrected chi connectivity index (χ1v) is 7.51. The molecule has 6 heteroatoms. The Hall–Kier alpha value is -1.95. The van der Waals surface area contributed by atoms with Gasteiger partial charge in [-0.3, -0.25) is 14.5 Å². The molecule has 22 heavy (non-hydrogen) atoms. The number of aliphatic carboxylic acids is 1. The number of piperidine rings is 1. The highest BCUT2D eigenvalue weighted by molar-refractivity contribution is 5.78. The fourth-order valence-electron chi connectivity index (χ4n) is 2.66. The molecule has 1 aromatic rings. The predicted octanol–water partition coefficient (Wildman–Crippen LogP) is 1.28. The van der Waals surface area contributed by atoms with E-state index in [1.807, 2.05) is 4.90 Å². The second kappa shape index (κ2) is 7.89. The second-order valence-corrected chi connectivity index (χ2v) is 5.64. The number of hydrogen-bond donors (Lipinski definition) is 2. The van der Waals surface area contributed by atoms with Gasteiger partial charge in [0.15, 0.2) is 0 Å². The number of hydrogen-bond acceptors (Lipinski definition) is 3. The molecule has 1 atom stereocenters. The molecule has 0 bridgehead atoms. The third-order valence-electron chi connectivity index (χ3n) is 3.87. The highest BCUT2D eigenvalue weighted by Gasteiger charge is 2.26. The van der Waals surface area contributed by atoms with Gasteiger partial charge < -0.3 is 10.4 Å². The number of carboxylic acids is 1. The number of carboxylic acid groups (broad SMARTS) is 1. The molecule has 1 amide bonds. The number of nitrogens with zero attached hydrogens (tertiary/aromatic N) is 1. The van der Waals surface area contributed by atoms with Gasteiger partial charge in [0, 0.05) is 13.1 Å². The van der Waals surface area contributed by atoms with Crippen molar-refractivity contribution in [1.82, 2.24) is 10.2 Å². The molecular weight excluding hydrogens is 287 g/mol. The number of benzene rings is 1. The normalized spacial score (nSPS) is 18.9. The predicted molar refractivity (Wildman–Crippen MR) is 79.9 cm³/mol. The van der Waals surface area contributed by atoms with Gasteiger partial charge >= 0.3 is 5.97 Å². The summed E-state index contributed by atoms with van der Waals surface area (Å²) in [4.78, 5) is 24.7. The van der Waals surface area contributed by atoms with E-state index in [-0.39, 0.29) is 24.2 Å². The highest BCUT2D eigenvalue weighted by Crippen LogP contribution is 2.16. The van der Waals surface area contributed by atoms with E-state index in [9.17, 15) is 14.0 Å². The van der Waals surface area contributed by atoms with Gasteiger partial charge in [0.2, 0.25) is 5.91 Å². The van der Waals surface area contributed by atoms with Crippen LogP contribution >= 0.6 is 0 Å². The molecule has 2 rings (SSSR count). The minimum absolute atomic E-state index is 0.104. The molecule has 0 spiro atoms. The van der Waals surface area contributed by atoms with Gasteiger partial charge in [0.05, 0.1) is 12.5 Å². The lowest BCUT2D eigenvalue weighted by molar-refractivity contribution is -0.144. The Morgan fingerprint density at radius 2 is 2.05 bits per heavy atom. The number of amides is 1. The molecule has 0 aliphatic carbocycles. The molecule has 0 saturated carbocycles. The standard InChI is InChI=1S/C16H21FN2O3/c17-14-5-3-12(4-6-14)7-8-18-15(20)11-19-9-1-2-13(10-19)16(21)22/h3-6,13H,1-2,7-11H2,(H,18,20)(H,21,22)/t13-/m0/s1. The molecule has 0 radical (unpaired) electrons. The second-order valence-electron chi connectivity index (χ2n) is 5.64. The zero-order chi connectivity index (χ0) is 15.9. The smallest absolute Gasteiger partial charge is 0.307 e. The first-order valence-electron chi connectivity index (χ1n) is 7.51. The SMILES string of the molecule is O=C(CN1CCC[C@H](C(=O)O)C1)NCCc1ccc(F)cc1. The van der Waals surface area contributed by atoms with E-state index < -0.39 is 5.97 Å². The summed E-state index contributed by atoms with van der Waals surface area (Å²) in [6.07, 6.45) is 2.13. The maximum absolute atomic E-state index is 12.8. The zero-order valence-corrected chi connectivity index (χ0v) is 12.4. The lowest BCUT2D eigenvalue weighted by atomic mass is 9.98. The van der Waals surface area contributed by atoms with Crippen molar-refractivity contribution >= 4 is 11.9 Å². The molecular formula is C16H21FN2O3. The van der Waals surface area contributed by atoms with Crippen molar-refractivity contribution in [1.29, 1.82) is 0 Å². The molecule has 5 nitrogen and oxygen atoms in total. The van der Waals surface area contributed by atoms with E-state index in [0.29, 0.717) is 25.9 Å². The summed E-state index contributed by atoms with van der Waals surface area (Å²) < 4.78 is 12.8. The van der Waals surface area contributed by atoms with Gasteiger partial charge in [-0.15, -0.1) is 0 Å². The van der Waals surface area contributed by atoms with E-state index >= 15 is 0 Å². The summed E-state index contributed by atoms with van der Waals surface area (Å²) in [5, 5.41) is 11.8. The fraction of sp³-hybridized carbons (Fsp3) is 0.500. The quantitative estimate of drug-likeness (QED) is 0.830. The minimum atomic E-state index is -0.790. The van der Waals surface area contributed by atoms with Crippen molar-refractivity contribution in [2.24, 2.45) is 5.92 Å². The number of rotatable bonds is 6. The lowest BCUT2D eigenvalue weighted by Gasteiger charge is -2.29. The van der Waals surface area contributed by atoms with Crippen LogP contribution < -0.4 is 5.32 Å². The van der Waals surface area contributed by atoms with Crippen molar-refractivity contribution < 1.29 is 19.1 Å². The largest absolute Gasteiger partial charge is 0.481 e. The summed E-state index contributed by atoms with van der Waals surface area (Å²) in [5.41, 5.74) is 0.964. The van der Waals surface area contributed by atoms with Crippen molar-refractivity contribution in [3.05, 3.63) is 35.6 Å². The van der Waals surface area contributed by atoms with E-state index in [1.165, 1.54) is 12.1 Å². The Morgan fingerprint density at radius 1 is 1.32 bits per heavy atom. The number of nitrogens with one attached hydrogen (secondary N) is 1. The Bertz CT molecular complexity index is 519. The van der Waals surface area contributed by atoms with Crippen LogP contribution in [-0.2, 0) is 16.0 Å². The molecule has 1 aliphatic heterocycles. The summed E-state index contributed by atoms with van der Waals surface area (Å²) in [5.74, 6) is -1.54. The molecule has 2 N–H and O–H groups in total. The van der Waals surface area contributed by atoms with Crippen LogP contribution in [0.2, 0.25) is 0 Å². The zero-order valence-electron chi connectivity index (χ0n) is 12.4. The van der Waals surface area contributed by atoms with Crippen LogP contribution in [0.3, 0.4) is 0 Å². The Kier molecular flexibility index (Phi) is 5.89. The van der Waals surface area contributed by atoms with Gasteiger partial charge in [0.1, 0.15) is 5.82 Å². The van der Waals surface area contributed by atoms with Crippen molar-refractivity contribution in [3.8, 4) is 0 Å². The van der Waals surface area contributed by atoms with Crippen molar-refractivity contribution in [2.75, 3.05) is 26.2 Å². The average Bonchev–Trinajstić information content (AvgIpc) is 2.49. The monoisotopic (exact) mass is 308 g/mol. The maximum atomic E-state index is 12.8. The van der Waals surface area contributed by atoms with Gasteiger partial charge in [-0.1, -0.05) is 12.1 Å². The van der Waals surface area contributed by atoms with Crippen LogP contribution in [0, 0.1) is 11.7 Å². The molecule has 1 aliphatic rings. The first-order chi connectivity index (χ1) is 10.5.